The van der Waals surface area contributed by atoms with Crippen molar-refractivity contribution in [2.75, 3.05) is 0 Å². The van der Waals surface area contributed by atoms with E-state index in [1.54, 1.807) is 0 Å². The molecule has 0 fully saturated rings. The summed E-state index contributed by atoms with van der Waals surface area (Å²) in [5, 5.41) is 2.56. The van der Waals surface area contributed by atoms with Crippen molar-refractivity contribution < 1.29 is 0 Å². The van der Waals surface area contributed by atoms with E-state index in [4.69, 9.17) is 0 Å². The molecule has 312 valence electrons. The van der Waals surface area contributed by atoms with Crippen LogP contribution in [-0.2, 0) is 10.8 Å². The van der Waals surface area contributed by atoms with E-state index in [2.05, 4.69) is 241 Å². The number of hydrogen-bond acceptors (Lipinski definition) is 0. The largest absolute Gasteiger partial charge is 0.309 e. The minimum atomic E-state index is 0.000754. The van der Waals surface area contributed by atoms with E-state index in [1.807, 2.05) is 18.2 Å². The second-order valence-electron chi connectivity index (χ2n) is 18.8. The number of rotatable bonds is 3. The topological polar surface area (TPSA) is 4.93 Å². The summed E-state index contributed by atoms with van der Waals surface area (Å²) in [6.07, 6.45) is 0. The van der Waals surface area contributed by atoms with Gasteiger partial charge in [-0.3, -0.25) is 0 Å². The molecule has 0 atom stereocenters. The van der Waals surface area contributed by atoms with E-state index in [9.17, 15) is 0 Å². The summed E-state index contributed by atoms with van der Waals surface area (Å²) in [5.41, 5.74) is 23.9. The molecule has 0 bridgehead atoms. The first-order valence-electron chi connectivity index (χ1n) is 22.7. The summed E-state index contributed by atoms with van der Waals surface area (Å²) in [4.78, 5) is 0. The molecule has 0 radical (unpaired) electrons. The van der Waals surface area contributed by atoms with Crippen LogP contribution in [0.25, 0.3) is 72.0 Å². The zero-order valence-corrected chi connectivity index (χ0v) is 38.1. The molecule has 1 heteroatoms. The van der Waals surface area contributed by atoms with Gasteiger partial charge in [-0.25, -0.2) is 0 Å². The Labute approximate surface area is 379 Å². The van der Waals surface area contributed by atoms with Crippen molar-refractivity contribution in [2.45, 2.75) is 59.3 Å². The van der Waals surface area contributed by atoms with Gasteiger partial charge in [-0.05, 0) is 118 Å². The quantitative estimate of drug-likeness (QED) is 0.167. The van der Waals surface area contributed by atoms with E-state index in [0.29, 0.717) is 0 Å². The Morgan fingerprint density at radius 2 is 0.781 bits per heavy atom. The predicted octanol–water partition coefficient (Wildman–Crippen LogP) is 17.0. The van der Waals surface area contributed by atoms with Gasteiger partial charge in [0, 0.05) is 27.3 Å². The summed E-state index contributed by atoms with van der Waals surface area (Å²) in [5.74, 6) is 0. The first-order valence-corrected chi connectivity index (χ1v) is 22.7. The van der Waals surface area contributed by atoms with Crippen LogP contribution in [0.5, 0.6) is 0 Å². The summed E-state index contributed by atoms with van der Waals surface area (Å²) in [6, 6.07) is 75.2. The van der Waals surface area contributed by atoms with Gasteiger partial charge in [-0.15, -0.1) is 0 Å². The fourth-order valence-electron chi connectivity index (χ4n) is 10.3. The first-order chi connectivity index (χ1) is 31.0. The van der Waals surface area contributed by atoms with E-state index in [0.717, 1.165) is 0 Å². The third kappa shape index (κ3) is 7.16. The number of aromatic nitrogens is 1. The van der Waals surface area contributed by atoms with Crippen molar-refractivity contribution in [2.24, 2.45) is 0 Å². The molecule has 0 saturated carbocycles. The number of hydrogen-bond donors (Lipinski definition) is 0. The fraction of sp³-hybridized carbons (Fsp3) is 0.143. The van der Waals surface area contributed by atoms with Crippen LogP contribution in [-0.4, -0.2) is 4.57 Å². The average molecular weight is 826 g/mol. The Morgan fingerprint density at radius 1 is 0.297 bits per heavy atom. The highest BCUT2D eigenvalue weighted by Crippen LogP contribution is 2.50. The van der Waals surface area contributed by atoms with Crippen molar-refractivity contribution in [3.05, 3.63) is 245 Å². The molecule has 0 N–H and O–H groups in total. The van der Waals surface area contributed by atoms with Gasteiger partial charge < -0.3 is 4.57 Å². The monoisotopic (exact) mass is 825 g/mol. The van der Waals surface area contributed by atoms with Crippen LogP contribution in [0.3, 0.4) is 0 Å². The lowest BCUT2D eigenvalue weighted by Crippen LogP contribution is -2.14. The Hall–Kier alpha value is -7.22. The molecular formula is C63H55N. The number of benzene rings is 9. The van der Waals surface area contributed by atoms with Gasteiger partial charge in [0.1, 0.15) is 0 Å². The third-order valence-corrected chi connectivity index (χ3v) is 13.7. The van der Waals surface area contributed by atoms with Gasteiger partial charge in [0.05, 0.1) is 11.0 Å². The lowest BCUT2D eigenvalue weighted by Gasteiger charge is -2.21. The molecule has 64 heavy (non-hydrogen) atoms. The average Bonchev–Trinajstić information content (AvgIpc) is 3.86. The maximum absolute atomic E-state index is 2.45. The smallest absolute Gasteiger partial charge is 0.0547 e. The molecule has 10 aromatic rings. The van der Waals surface area contributed by atoms with E-state index in [-0.39, 0.29) is 10.8 Å². The maximum atomic E-state index is 2.45. The number of para-hydroxylation sites is 1. The summed E-state index contributed by atoms with van der Waals surface area (Å²) >= 11 is 0. The zero-order valence-electron chi connectivity index (χ0n) is 38.1. The van der Waals surface area contributed by atoms with Crippen molar-refractivity contribution in [3.63, 3.8) is 0 Å². The van der Waals surface area contributed by atoms with Crippen LogP contribution in [0.4, 0.5) is 0 Å². The molecule has 0 saturated heterocycles. The minimum absolute atomic E-state index is 0.000754. The molecule has 0 amide bonds. The van der Waals surface area contributed by atoms with Crippen molar-refractivity contribution in [1.82, 2.24) is 4.57 Å². The molecule has 9 aromatic carbocycles. The van der Waals surface area contributed by atoms with Gasteiger partial charge in [-0.1, -0.05) is 220 Å². The van der Waals surface area contributed by atoms with Crippen LogP contribution >= 0.6 is 0 Å². The molecular weight excluding hydrogens is 771 g/mol. The van der Waals surface area contributed by atoms with Crippen LogP contribution in [0.2, 0.25) is 0 Å². The molecule has 12 rings (SSSR count). The molecule has 2 aliphatic carbocycles. The molecule has 0 aliphatic heterocycles. The zero-order chi connectivity index (χ0) is 44.2. The highest BCUT2D eigenvalue weighted by Gasteiger charge is 2.36. The van der Waals surface area contributed by atoms with Gasteiger partial charge in [0.25, 0.3) is 0 Å². The fourth-order valence-corrected chi connectivity index (χ4v) is 10.3. The molecule has 1 aromatic heterocycles. The van der Waals surface area contributed by atoms with Gasteiger partial charge in [-0.2, -0.15) is 0 Å². The molecule has 1 heterocycles. The lowest BCUT2D eigenvalue weighted by molar-refractivity contribution is 0.660. The van der Waals surface area contributed by atoms with E-state index < -0.39 is 0 Å². The van der Waals surface area contributed by atoms with Crippen molar-refractivity contribution >= 4 is 21.8 Å². The Kier molecular flexibility index (Phi) is 10.3. The molecule has 0 unspecified atom stereocenters. The summed E-state index contributed by atoms with van der Waals surface area (Å²) in [7, 11) is 0. The standard InChI is InChI=1S/C40H31N.C16H16.C7H8/c1-26-10-8-11-27(22-26)28-12-9-13-29(23-28)30-18-20-34-33-15-5-7-17-38(33)41(39(34)24-30)31-19-21-37-35(25-31)32-14-4-6-16-36(32)40(37,2)3;1-11-8-9-15-13(10-11)12-6-4-5-7-14(12)16(15,2)3;1-7-5-3-2-4-6-7/h4-25H,1-3H3;4-10H,1-3H3;2-6H,1H3. The Morgan fingerprint density at radius 3 is 1.42 bits per heavy atom. The van der Waals surface area contributed by atoms with Crippen molar-refractivity contribution in [3.8, 4) is 50.2 Å². The Balaban J connectivity index is 0.000000172. The SMILES string of the molecule is Cc1ccc2c(c1)-c1ccccc1C2(C)C.Cc1cccc(-c2cccc(-c3ccc4c5ccccc5n(-c5ccc6c(c5)-c5ccccc5C6(C)C)c4c3)c2)c1.Cc1ccccc1. The summed E-state index contributed by atoms with van der Waals surface area (Å²) < 4.78 is 2.45. The Bertz CT molecular complexity index is 3360. The predicted molar refractivity (Wildman–Crippen MR) is 274 cm³/mol. The maximum Gasteiger partial charge on any atom is 0.0547 e. The van der Waals surface area contributed by atoms with Crippen LogP contribution in [0.15, 0.2) is 206 Å². The van der Waals surface area contributed by atoms with Crippen LogP contribution in [0.1, 0.15) is 66.6 Å². The second-order valence-corrected chi connectivity index (χ2v) is 18.8. The normalized spacial score (nSPS) is 13.5. The highest BCUT2D eigenvalue weighted by atomic mass is 15.0. The van der Waals surface area contributed by atoms with Crippen molar-refractivity contribution in [1.29, 1.82) is 0 Å². The van der Waals surface area contributed by atoms with Crippen LogP contribution in [0, 0.1) is 20.8 Å². The van der Waals surface area contributed by atoms with E-state index >= 15 is 0 Å². The lowest BCUT2D eigenvalue weighted by atomic mass is 9.82. The van der Waals surface area contributed by atoms with Gasteiger partial charge >= 0.3 is 0 Å². The number of fused-ring (bicyclic) bond motifs is 9. The van der Waals surface area contributed by atoms with E-state index in [1.165, 1.54) is 111 Å². The van der Waals surface area contributed by atoms with Crippen LogP contribution < -0.4 is 0 Å². The summed E-state index contributed by atoms with van der Waals surface area (Å²) in [6.45, 7) is 15.7. The number of aryl methyl sites for hydroxylation is 3. The molecule has 0 spiro atoms. The van der Waals surface area contributed by atoms with Gasteiger partial charge in [0.15, 0.2) is 0 Å². The molecule has 2 aliphatic rings. The molecule has 1 nitrogen and oxygen atoms in total. The van der Waals surface area contributed by atoms with Gasteiger partial charge in [0.2, 0.25) is 0 Å². The number of nitrogens with zero attached hydrogens (tertiary/aromatic N) is 1. The minimum Gasteiger partial charge on any atom is -0.309 e. The first kappa shape index (κ1) is 40.8. The highest BCUT2D eigenvalue weighted by molar-refractivity contribution is 6.10. The second kappa shape index (κ2) is 16.2. The third-order valence-electron chi connectivity index (χ3n) is 13.7.